The second-order valence-corrected chi connectivity index (χ2v) is 6.74. The predicted molar refractivity (Wildman–Crippen MR) is 104 cm³/mol. The molecule has 1 saturated heterocycles. The quantitative estimate of drug-likeness (QED) is 0.896. The van der Waals surface area contributed by atoms with Crippen LogP contribution < -0.4 is 5.32 Å². The number of benzene rings is 2. The van der Waals surface area contributed by atoms with Crippen LogP contribution >= 0.6 is 12.4 Å². The van der Waals surface area contributed by atoms with Crippen LogP contribution in [0.5, 0.6) is 0 Å². The van der Waals surface area contributed by atoms with Crippen LogP contribution in [0.3, 0.4) is 0 Å². The molecule has 0 saturated carbocycles. The number of anilines is 1. The van der Waals surface area contributed by atoms with Gasteiger partial charge in [-0.25, -0.2) is 0 Å². The topological polar surface area (TPSA) is 35.6 Å². The summed E-state index contributed by atoms with van der Waals surface area (Å²) in [6, 6.07) is 16.6. The van der Waals surface area contributed by atoms with E-state index in [4.69, 9.17) is 0 Å². The van der Waals surface area contributed by atoms with Gasteiger partial charge >= 0.3 is 0 Å². The summed E-state index contributed by atoms with van der Waals surface area (Å²) in [5.41, 5.74) is 4.44. The molecule has 2 aromatic carbocycles. The Balaban J connectivity index is 0.00000182. The molecule has 5 heteroatoms. The third-order valence-corrected chi connectivity index (χ3v) is 5.09. The summed E-state index contributed by atoms with van der Waals surface area (Å²) in [6.45, 7) is 3.53. The summed E-state index contributed by atoms with van der Waals surface area (Å²) in [5, 5.41) is 3.35. The highest BCUT2D eigenvalue weighted by atomic mass is 35.5. The highest BCUT2D eigenvalue weighted by molar-refractivity contribution is 5.95. The van der Waals surface area contributed by atoms with E-state index in [-0.39, 0.29) is 24.4 Å². The van der Waals surface area contributed by atoms with Crippen molar-refractivity contribution < 1.29 is 4.79 Å². The molecule has 0 bridgehead atoms. The first-order valence-electron chi connectivity index (χ1n) is 8.63. The Bertz CT molecular complexity index is 750. The fourth-order valence-electron chi connectivity index (χ4n) is 3.73. The molecule has 4 nitrogen and oxygen atoms in total. The zero-order chi connectivity index (χ0) is 16.5. The highest BCUT2D eigenvalue weighted by Crippen LogP contribution is 2.28. The van der Waals surface area contributed by atoms with Crippen LogP contribution in [0.15, 0.2) is 48.5 Å². The smallest absolute Gasteiger partial charge is 0.254 e. The maximum absolute atomic E-state index is 13.2. The van der Waals surface area contributed by atoms with Gasteiger partial charge in [-0.05, 0) is 42.8 Å². The van der Waals surface area contributed by atoms with Gasteiger partial charge < -0.3 is 15.1 Å². The van der Waals surface area contributed by atoms with Gasteiger partial charge in [0.25, 0.3) is 5.91 Å². The molecule has 1 unspecified atom stereocenters. The van der Waals surface area contributed by atoms with Crippen LogP contribution in [0.4, 0.5) is 5.69 Å². The fraction of sp³-hybridized carbons (Fsp3) is 0.350. The lowest BCUT2D eigenvalue weighted by Crippen LogP contribution is -2.49. The monoisotopic (exact) mass is 357 g/mol. The average Bonchev–Trinajstić information content (AvgIpc) is 3.09. The van der Waals surface area contributed by atoms with Crippen molar-refractivity contribution in [1.82, 2.24) is 9.80 Å². The number of halogens is 1. The highest BCUT2D eigenvalue weighted by Gasteiger charge is 2.31. The van der Waals surface area contributed by atoms with Gasteiger partial charge in [0.2, 0.25) is 0 Å². The predicted octanol–water partition coefficient (Wildman–Crippen LogP) is 3.21. The maximum atomic E-state index is 13.2. The first-order valence-corrected chi connectivity index (χ1v) is 8.63. The van der Waals surface area contributed by atoms with E-state index in [9.17, 15) is 4.79 Å². The van der Waals surface area contributed by atoms with E-state index < -0.39 is 0 Å². The molecule has 0 aliphatic carbocycles. The molecule has 1 N–H and O–H groups in total. The summed E-state index contributed by atoms with van der Waals surface area (Å²) in [5.74, 6) is 0.145. The molecule has 132 valence electrons. The lowest BCUT2D eigenvalue weighted by molar-refractivity contribution is 0.0498. The van der Waals surface area contributed by atoms with Crippen molar-refractivity contribution in [2.75, 3.05) is 38.5 Å². The van der Waals surface area contributed by atoms with E-state index in [0.29, 0.717) is 0 Å². The molecule has 2 aromatic rings. The number of hydrogen-bond donors (Lipinski definition) is 1. The van der Waals surface area contributed by atoms with Crippen molar-refractivity contribution in [2.24, 2.45) is 0 Å². The molecule has 2 aliphatic rings. The number of amides is 1. The molecule has 2 heterocycles. The minimum absolute atomic E-state index is 0. The number of nitrogens with one attached hydrogen (secondary N) is 1. The molecule has 0 radical (unpaired) electrons. The molecule has 4 rings (SSSR count). The molecule has 25 heavy (non-hydrogen) atoms. The Hall–Kier alpha value is -2.04. The van der Waals surface area contributed by atoms with Crippen molar-refractivity contribution in [3.05, 3.63) is 65.2 Å². The number of rotatable bonds is 2. The van der Waals surface area contributed by atoms with Gasteiger partial charge in [-0.1, -0.05) is 30.3 Å². The molecule has 2 aliphatic heterocycles. The van der Waals surface area contributed by atoms with E-state index in [2.05, 4.69) is 35.5 Å². The van der Waals surface area contributed by atoms with Crippen LogP contribution in [0.2, 0.25) is 0 Å². The van der Waals surface area contributed by atoms with Crippen molar-refractivity contribution in [2.45, 2.75) is 12.5 Å². The fourth-order valence-corrected chi connectivity index (χ4v) is 3.73. The van der Waals surface area contributed by atoms with Gasteiger partial charge in [-0.2, -0.15) is 0 Å². The van der Waals surface area contributed by atoms with Crippen LogP contribution in [0, 0.1) is 0 Å². The van der Waals surface area contributed by atoms with Crippen LogP contribution in [-0.2, 0) is 6.42 Å². The van der Waals surface area contributed by atoms with Crippen molar-refractivity contribution in [3.8, 4) is 0 Å². The molecule has 0 spiro atoms. The normalized spacial score (nSPS) is 19.7. The molecule has 1 fully saturated rings. The van der Waals surface area contributed by atoms with Crippen LogP contribution in [-0.4, -0.2) is 48.9 Å². The average molecular weight is 358 g/mol. The van der Waals surface area contributed by atoms with Gasteiger partial charge in [0.1, 0.15) is 0 Å². The zero-order valence-corrected chi connectivity index (χ0v) is 15.3. The lowest BCUT2D eigenvalue weighted by atomic mass is 10.0. The van der Waals surface area contributed by atoms with Crippen molar-refractivity contribution in [3.63, 3.8) is 0 Å². The van der Waals surface area contributed by atoms with Gasteiger partial charge in [0.15, 0.2) is 0 Å². The molecule has 0 aromatic heterocycles. The largest absolute Gasteiger partial charge is 0.384 e. The number of nitrogens with zero attached hydrogens (tertiary/aromatic N) is 2. The SMILES string of the molecule is CN1CCN(C(=O)c2ccc3c(c2)CCN3)C(c2ccccc2)C1.Cl. The summed E-state index contributed by atoms with van der Waals surface area (Å²) in [4.78, 5) is 17.5. The first kappa shape index (κ1) is 17.8. The molecular weight excluding hydrogens is 334 g/mol. The Kier molecular flexibility index (Phi) is 5.30. The molecule has 1 amide bonds. The standard InChI is InChI=1S/C20H23N3O.ClH/c1-22-11-12-23(19(14-22)15-5-3-2-4-6-15)20(24)17-7-8-18-16(13-17)9-10-21-18;/h2-8,13,19,21H,9-12,14H2,1H3;1H. The van der Waals surface area contributed by atoms with Gasteiger partial charge in [0, 0.05) is 37.4 Å². The summed E-state index contributed by atoms with van der Waals surface area (Å²) in [7, 11) is 2.12. The molecule has 1 atom stereocenters. The number of piperazine rings is 1. The second-order valence-electron chi connectivity index (χ2n) is 6.74. The maximum Gasteiger partial charge on any atom is 0.254 e. The van der Waals surface area contributed by atoms with Gasteiger partial charge in [-0.3, -0.25) is 4.79 Å². The summed E-state index contributed by atoms with van der Waals surface area (Å²) >= 11 is 0. The van der Waals surface area contributed by atoms with Crippen molar-refractivity contribution >= 4 is 24.0 Å². The number of carbonyl (C=O) groups is 1. The summed E-state index contributed by atoms with van der Waals surface area (Å²) < 4.78 is 0. The van der Waals surface area contributed by atoms with E-state index >= 15 is 0 Å². The summed E-state index contributed by atoms with van der Waals surface area (Å²) in [6.07, 6.45) is 1.00. The number of carbonyl (C=O) groups excluding carboxylic acids is 1. The van der Waals surface area contributed by atoms with Crippen LogP contribution in [0.25, 0.3) is 0 Å². The minimum Gasteiger partial charge on any atom is -0.384 e. The second kappa shape index (κ2) is 7.46. The van der Waals surface area contributed by atoms with E-state index in [1.165, 1.54) is 16.8 Å². The number of hydrogen-bond acceptors (Lipinski definition) is 3. The Morgan fingerprint density at radius 3 is 2.72 bits per heavy atom. The molecular formula is C20H24ClN3O. The van der Waals surface area contributed by atoms with Gasteiger partial charge in [0.05, 0.1) is 6.04 Å². The minimum atomic E-state index is 0. The van der Waals surface area contributed by atoms with E-state index in [1.807, 2.05) is 35.2 Å². The Morgan fingerprint density at radius 2 is 1.92 bits per heavy atom. The number of fused-ring (bicyclic) bond motifs is 1. The third kappa shape index (κ3) is 3.51. The van der Waals surface area contributed by atoms with Gasteiger partial charge in [-0.15, -0.1) is 12.4 Å². The van der Waals surface area contributed by atoms with Crippen LogP contribution in [0.1, 0.15) is 27.5 Å². The zero-order valence-electron chi connectivity index (χ0n) is 14.4. The van der Waals surface area contributed by atoms with E-state index in [0.717, 1.165) is 38.2 Å². The number of likely N-dealkylation sites (N-methyl/N-ethyl adjacent to an activating group) is 1. The Morgan fingerprint density at radius 1 is 1.12 bits per heavy atom. The lowest BCUT2D eigenvalue weighted by Gasteiger charge is -2.40. The third-order valence-electron chi connectivity index (χ3n) is 5.09. The van der Waals surface area contributed by atoms with Crippen molar-refractivity contribution in [1.29, 1.82) is 0 Å². The van der Waals surface area contributed by atoms with E-state index in [1.54, 1.807) is 0 Å². The first-order chi connectivity index (χ1) is 11.7. The Labute approximate surface area is 155 Å².